The van der Waals surface area contributed by atoms with Gasteiger partial charge < -0.3 is 14.6 Å². The Morgan fingerprint density at radius 1 is 1.45 bits per heavy atom. The summed E-state index contributed by atoms with van der Waals surface area (Å²) in [5.41, 5.74) is 1.64. The second-order valence-electron chi connectivity index (χ2n) is 4.52. The van der Waals surface area contributed by atoms with Crippen LogP contribution in [0.15, 0.2) is 30.6 Å². The van der Waals surface area contributed by atoms with Gasteiger partial charge in [0, 0.05) is 44.5 Å². The molecule has 2 rings (SSSR count). The third-order valence-electron chi connectivity index (χ3n) is 3.17. The number of hydrogen-bond donors (Lipinski definition) is 1. The molecule has 0 spiro atoms. The number of nitrogens with zero attached hydrogens (tertiary/aromatic N) is 3. The molecule has 0 saturated carbocycles. The highest BCUT2D eigenvalue weighted by Gasteiger charge is 2.04. The standard InChI is InChI=1S/C15H18N4O/c1-19-8-7-18-15(19)5-6-17-11-13-9-12(10-16)3-4-14(13)20-2/h3-4,7-9,17H,5-6,11H2,1-2H3. The van der Waals surface area contributed by atoms with Crippen molar-refractivity contribution in [3.05, 3.63) is 47.5 Å². The maximum atomic E-state index is 8.93. The van der Waals surface area contributed by atoms with Crippen molar-refractivity contribution in [1.29, 1.82) is 5.26 Å². The van der Waals surface area contributed by atoms with Gasteiger partial charge in [-0.3, -0.25) is 0 Å². The molecule has 0 bridgehead atoms. The molecule has 0 atom stereocenters. The molecule has 0 radical (unpaired) electrons. The van der Waals surface area contributed by atoms with Crippen LogP contribution in [0.1, 0.15) is 17.0 Å². The molecule has 2 aromatic rings. The SMILES string of the molecule is COc1ccc(C#N)cc1CNCCc1nccn1C. The van der Waals surface area contributed by atoms with Crippen LogP contribution < -0.4 is 10.1 Å². The Morgan fingerprint density at radius 2 is 2.30 bits per heavy atom. The van der Waals surface area contributed by atoms with E-state index in [4.69, 9.17) is 10.00 Å². The first-order chi connectivity index (χ1) is 9.74. The van der Waals surface area contributed by atoms with Crippen LogP contribution in [0.4, 0.5) is 0 Å². The Kier molecular flexibility index (Phi) is 4.75. The molecule has 5 heteroatoms. The first-order valence-electron chi connectivity index (χ1n) is 6.48. The zero-order chi connectivity index (χ0) is 14.4. The molecule has 0 saturated heterocycles. The molecule has 0 unspecified atom stereocenters. The van der Waals surface area contributed by atoms with Crippen LogP contribution >= 0.6 is 0 Å². The summed E-state index contributed by atoms with van der Waals surface area (Å²) in [7, 11) is 3.63. The molecule has 1 aromatic carbocycles. The summed E-state index contributed by atoms with van der Waals surface area (Å²) in [5, 5.41) is 12.3. The minimum atomic E-state index is 0.645. The van der Waals surface area contributed by atoms with E-state index in [0.29, 0.717) is 12.1 Å². The van der Waals surface area contributed by atoms with Gasteiger partial charge in [0.2, 0.25) is 0 Å². The smallest absolute Gasteiger partial charge is 0.123 e. The summed E-state index contributed by atoms with van der Waals surface area (Å²) in [5.74, 6) is 1.85. The van der Waals surface area contributed by atoms with Crippen LogP contribution in [0.25, 0.3) is 0 Å². The zero-order valence-electron chi connectivity index (χ0n) is 11.8. The molecule has 0 aliphatic rings. The summed E-state index contributed by atoms with van der Waals surface area (Å²) in [6.07, 6.45) is 4.60. The summed E-state index contributed by atoms with van der Waals surface area (Å²) in [4.78, 5) is 4.28. The van der Waals surface area contributed by atoms with Crippen LogP contribution in [0, 0.1) is 11.3 Å². The number of nitriles is 1. The number of aromatic nitrogens is 2. The largest absolute Gasteiger partial charge is 0.496 e. The molecule has 0 fully saturated rings. The average molecular weight is 270 g/mol. The number of rotatable bonds is 6. The van der Waals surface area contributed by atoms with Gasteiger partial charge in [0.05, 0.1) is 18.7 Å². The minimum Gasteiger partial charge on any atom is -0.496 e. The van der Waals surface area contributed by atoms with Gasteiger partial charge in [0.15, 0.2) is 0 Å². The van der Waals surface area contributed by atoms with E-state index in [-0.39, 0.29) is 0 Å². The summed E-state index contributed by atoms with van der Waals surface area (Å²) >= 11 is 0. The van der Waals surface area contributed by atoms with Crippen molar-refractivity contribution >= 4 is 0 Å². The van der Waals surface area contributed by atoms with Gasteiger partial charge in [-0.25, -0.2) is 4.98 Å². The lowest BCUT2D eigenvalue weighted by Crippen LogP contribution is -2.18. The van der Waals surface area contributed by atoms with E-state index in [0.717, 1.165) is 30.1 Å². The molecule has 20 heavy (non-hydrogen) atoms. The van der Waals surface area contributed by atoms with Crippen molar-refractivity contribution in [2.45, 2.75) is 13.0 Å². The second-order valence-corrected chi connectivity index (χ2v) is 4.52. The number of nitrogens with one attached hydrogen (secondary N) is 1. The van der Waals surface area contributed by atoms with E-state index in [1.165, 1.54) is 0 Å². The number of benzene rings is 1. The third-order valence-corrected chi connectivity index (χ3v) is 3.17. The van der Waals surface area contributed by atoms with E-state index in [9.17, 15) is 0 Å². The van der Waals surface area contributed by atoms with Crippen molar-refractivity contribution in [2.75, 3.05) is 13.7 Å². The molecular weight excluding hydrogens is 252 g/mol. The van der Waals surface area contributed by atoms with E-state index < -0.39 is 0 Å². The lowest BCUT2D eigenvalue weighted by atomic mass is 10.1. The second kappa shape index (κ2) is 6.73. The molecule has 0 amide bonds. The fourth-order valence-corrected chi connectivity index (χ4v) is 2.05. The molecule has 104 valence electrons. The Bertz CT molecular complexity index is 613. The number of aryl methyl sites for hydroxylation is 1. The lowest BCUT2D eigenvalue weighted by Gasteiger charge is -2.10. The molecule has 1 aromatic heterocycles. The van der Waals surface area contributed by atoms with Gasteiger partial charge in [-0.1, -0.05) is 0 Å². The monoisotopic (exact) mass is 270 g/mol. The Morgan fingerprint density at radius 3 is 2.95 bits per heavy atom. The number of hydrogen-bond acceptors (Lipinski definition) is 4. The number of methoxy groups -OCH3 is 1. The first-order valence-corrected chi connectivity index (χ1v) is 6.48. The fraction of sp³-hybridized carbons (Fsp3) is 0.333. The maximum absolute atomic E-state index is 8.93. The van der Waals surface area contributed by atoms with Gasteiger partial charge in [-0.2, -0.15) is 5.26 Å². The summed E-state index contributed by atoms with van der Waals surface area (Å²) in [6.45, 7) is 1.49. The van der Waals surface area contributed by atoms with Gasteiger partial charge >= 0.3 is 0 Å². The Hall–Kier alpha value is -2.32. The van der Waals surface area contributed by atoms with E-state index in [2.05, 4.69) is 16.4 Å². The predicted octanol–water partition coefficient (Wildman–Crippen LogP) is 1.63. The molecular formula is C15H18N4O. The van der Waals surface area contributed by atoms with E-state index >= 15 is 0 Å². The van der Waals surface area contributed by atoms with Crippen LogP contribution in [0.5, 0.6) is 5.75 Å². The van der Waals surface area contributed by atoms with Crippen molar-refractivity contribution in [1.82, 2.24) is 14.9 Å². The highest BCUT2D eigenvalue weighted by molar-refractivity contribution is 5.41. The van der Waals surface area contributed by atoms with Crippen molar-refractivity contribution < 1.29 is 4.74 Å². The van der Waals surface area contributed by atoms with E-state index in [1.54, 1.807) is 19.4 Å². The Labute approximate surface area is 118 Å². The molecule has 5 nitrogen and oxygen atoms in total. The summed E-state index contributed by atoms with van der Waals surface area (Å²) < 4.78 is 7.31. The zero-order valence-corrected chi connectivity index (χ0v) is 11.8. The quantitative estimate of drug-likeness (QED) is 0.810. The van der Waals surface area contributed by atoms with Crippen LogP contribution in [-0.2, 0) is 20.0 Å². The van der Waals surface area contributed by atoms with Crippen LogP contribution in [0.2, 0.25) is 0 Å². The number of ether oxygens (including phenoxy) is 1. The van der Waals surface area contributed by atoms with Gasteiger partial charge in [-0.15, -0.1) is 0 Å². The minimum absolute atomic E-state index is 0.645. The summed E-state index contributed by atoms with van der Waals surface area (Å²) in [6, 6.07) is 7.58. The lowest BCUT2D eigenvalue weighted by molar-refractivity contribution is 0.407. The average Bonchev–Trinajstić information content (AvgIpc) is 2.88. The van der Waals surface area contributed by atoms with Crippen molar-refractivity contribution in [3.63, 3.8) is 0 Å². The molecule has 0 aliphatic heterocycles. The first kappa shape index (κ1) is 14.1. The highest BCUT2D eigenvalue weighted by Crippen LogP contribution is 2.19. The van der Waals surface area contributed by atoms with Crippen molar-refractivity contribution in [2.24, 2.45) is 7.05 Å². The molecule has 1 N–H and O–H groups in total. The fourth-order valence-electron chi connectivity index (χ4n) is 2.05. The normalized spacial score (nSPS) is 10.2. The highest BCUT2D eigenvalue weighted by atomic mass is 16.5. The predicted molar refractivity (Wildman–Crippen MR) is 76.3 cm³/mol. The third kappa shape index (κ3) is 3.37. The Balaban J connectivity index is 1.90. The van der Waals surface area contributed by atoms with Crippen LogP contribution in [0.3, 0.4) is 0 Å². The molecule has 0 aliphatic carbocycles. The van der Waals surface area contributed by atoms with Crippen molar-refractivity contribution in [3.8, 4) is 11.8 Å². The van der Waals surface area contributed by atoms with E-state index in [1.807, 2.05) is 29.9 Å². The number of imidazole rings is 1. The molecule has 1 heterocycles. The van der Waals surface area contributed by atoms with Gasteiger partial charge in [-0.05, 0) is 18.2 Å². The maximum Gasteiger partial charge on any atom is 0.123 e. The van der Waals surface area contributed by atoms with Gasteiger partial charge in [0.25, 0.3) is 0 Å². The topological polar surface area (TPSA) is 62.9 Å². The van der Waals surface area contributed by atoms with Crippen LogP contribution in [-0.4, -0.2) is 23.2 Å². The van der Waals surface area contributed by atoms with Gasteiger partial charge in [0.1, 0.15) is 11.6 Å².